The zero-order valence-corrected chi connectivity index (χ0v) is 8.94. The monoisotopic (exact) mass is 208 g/mol. The Morgan fingerprint density at radius 1 is 1.20 bits per heavy atom. The lowest BCUT2D eigenvalue weighted by atomic mass is 9.55. The van der Waals surface area contributed by atoms with Crippen LogP contribution in [-0.2, 0) is 14.3 Å². The van der Waals surface area contributed by atoms with E-state index in [2.05, 4.69) is 6.92 Å². The highest BCUT2D eigenvalue weighted by Gasteiger charge is 2.58. The van der Waals surface area contributed by atoms with E-state index in [9.17, 15) is 9.59 Å². The zero-order valence-electron chi connectivity index (χ0n) is 8.94. The molecule has 3 nitrogen and oxygen atoms in total. The first-order chi connectivity index (χ1) is 7.22. The van der Waals surface area contributed by atoms with E-state index in [0.717, 1.165) is 25.7 Å². The number of hydrogen-bond donors (Lipinski definition) is 0. The van der Waals surface area contributed by atoms with Gasteiger partial charge in [0.05, 0.1) is 11.8 Å². The summed E-state index contributed by atoms with van der Waals surface area (Å²) in [7, 11) is 0. The number of carbonyl (C=O) groups excluding carboxylic acids is 2. The van der Waals surface area contributed by atoms with Crippen molar-refractivity contribution < 1.29 is 14.3 Å². The molecule has 4 unspecified atom stereocenters. The molecule has 5 atom stereocenters. The number of hydrogen-bond acceptors (Lipinski definition) is 3. The van der Waals surface area contributed by atoms with Crippen molar-refractivity contribution in [3.8, 4) is 0 Å². The first-order valence-electron chi connectivity index (χ1n) is 5.98. The molecule has 0 aromatic carbocycles. The fraction of sp³-hybridized carbons (Fsp3) is 0.833. The Labute approximate surface area is 89.2 Å². The Balaban J connectivity index is 1.96. The second-order valence-electron chi connectivity index (χ2n) is 5.20. The van der Waals surface area contributed by atoms with Crippen molar-refractivity contribution in [2.24, 2.45) is 29.6 Å². The first-order valence-corrected chi connectivity index (χ1v) is 5.98. The fourth-order valence-corrected chi connectivity index (χ4v) is 4.05. The predicted molar refractivity (Wildman–Crippen MR) is 52.7 cm³/mol. The van der Waals surface area contributed by atoms with Crippen LogP contribution in [0.25, 0.3) is 0 Å². The van der Waals surface area contributed by atoms with E-state index in [1.165, 1.54) is 0 Å². The van der Waals surface area contributed by atoms with Crippen molar-refractivity contribution in [3.63, 3.8) is 0 Å². The van der Waals surface area contributed by atoms with Crippen molar-refractivity contribution in [1.29, 1.82) is 0 Å². The lowest BCUT2D eigenvalue weighted by Crippen LogP contribution is -2.46. The summed E-state index contributed by atoms with van der Waals surface area (Å²) in [5.41, 5.74) is 0. The van der Waals surface area contributed by atoms with Gasteiger partial charge in [0.2, 0.25) is 0 Å². The summed E-state index contributed by atoms with van der Waals surface area (Å²) < 4.78 is 4.80. The van der Waals surface area contributed by atoms with Crippen LogP contribution in [0.15, 0.2) is 0 Å². The second-order valence-corrected chi connectivity index (χ2v) is 5.20. The molecule has 4 fully saturated rings. The Morgan fingerprint density at radius 3 is 2.67 bits per heavy atom. The molecule has 4 aliphatic rings. The average Bonchev–Trinajstić information content (AvgIpc) is 2.57. The van der Waals surface area contributed by atoms with Crippen molar-refractivity contribution >= 4 is 11.9 Å². The van der Waals surface area contributed by atoms with Crippen LogP contribution < -0.4 is 0 Å². The van der Waals surface area contributed by atoms with Gasteiger partial charge in [-0.25, -0.2) is 0 Å². The quantitative estimate of drug-likeness (QED) is 0.487. The van der Waals surface area contributed by atoms with E-state index in [1.54, 1.807) is 0 Å². The highest BCUT2D eigenvalue weighted by molar-refractivity contribution is 5.97. The van der Waals surface area contributed by atoms with Crippen molar-refractivity contribution in [2.45, 2.75) is 32.6 Å². The minimum Gasteiger partial charge on any atom is -0.393 e. The second kappa shape index (κ2) is 3.06. The molecule has 3 heteroatoms. The van der Waals surface area contributed by atoms with Gasteiger partial charge in [0, 0.05) is 0 Å². The van der Waals surface area contributed by atoms with E-state index in [0.29, 0.717) is 17.8 Å². The van der Waals surface area contributed by atoms with Crippen LogP contribution >= 0.6 is 0 Å². The van der Waals surface area contributed by atoms with Crippen LogP contribution in [0, 0.1) is 29.6 Å². The predicted octanol–water partition coefficient (Wildman–Crippen LogP) is 1.76. The molecule has 3 saturated carbocycles. The molecule has 2 bridgehead atoms. The minimum absolute atomic E-state index is 0.0842. The summed E-state index contributed by atoms with van der Waals surface area (Å²) in [6.45, 7) is 2.18. The Bertz CT molecular complexity index is 323. The van der Waals surface area contributed by atoms with Crippen LogP contribution in [0.5, 0.6) is 0 Å². The maximum Gasteiger partial charge on any atom is 0.317 e. The third-order valence-electron chi connectivity index (χ3n) is 4.71. The molecule has 3 aliphatic carbocycles. The molecule has 0 aromatic rings. The SMILES string of the molecule is CC[C@H]1CC2CCC1C1C(=O)OC(=O)C21. The van der Waals surface area contributed by atoms with Gasteiger partial charge in [-0.2, -0.15) is 0 Å². The van der Waals surface area contributed by atoms with E-state index in [-0.39, 0.29) is 23.8 Å². The molecule has 15 heavy (non-hydrogen) atoms. The fourth-order valence-electron chi connectivity index (χ4n) is 4.05. The van der Waals surface area contributed by atoms with Gasteiger partial charge >= 0.3 is 11.9 Å². The molecule has 82 valence electrons. The summed E-state index contributed by atoms with van der Waals surface area (Å²) in [5.74, 6) is 0.831. The van der Waals surface area contributed by atoms with Gasteiger partial charge in [0.25, 0.3) is 0 Å². The van der Waals surface area contributed by atoms with Gasteiger partial charge < -0.3 is 4.74 Å². The Morgan fingerprint density at radius 2 is 1.93 bits per heavy atom. The number of fused-ring (bicyclic) bond motifs is 2. The third-order valence-corrected chi connectivity index (χ3v) is 4.71. The Kier molecular flexibility index (Phi) is 1.91. The number of ether oxygens (including phenoxy) is 1. The molecule has 1 heterocycles. The largest absolute Gasteiger partial charge is 0.393 e. The smallest absolute Gasteiger partial charge is 0.317 e. The summed E-state index contributed by atoms with van der Waals surface area (Å²) in [6, 6.07) is 0. The molecule has 0 spiro atoms. The van der Waals surface area contributed by atoms with Gasteiger partial charge in [0.15, 0.2) is 0 Å². The van der Waals surface area contributed by atoms with Gasteiger partial charge in [-0.1, -0.05) is 13.3 Å². The van der Waals surface area contributed by atoms with Crippen molar-refractivity contribution in [1.82, 2.24) is 0 Å². The zero-order chi connectivity index (χ0) is 10.6. The van der Waals surface area contributed by atoms with E-state index >= 15 is 0 Å². The standard InChI is InChI=1S/C12H16O3/c1-2-6-5-7-3-4-8(6)10-9(7)11(13)15-12(10)14/h6-10H,2-5H2,1H3/t6-,7?,8?,9?,10?/m0/s1. The maximum absolute atomic E-state index is 11.6. The molecule has 4 rings (SSSR count). The molecular weight excluding hydrogens is 192 g/mol. The number of cyclic esters (lactones) is 2. The third kappa shape index (κ3) is 1.12. The van der Waals surface area contributed by atoms with Crippen LogP contribution in [0.1, 0.15) is 32.6 Å². The van der Waals surface area contributed by atoms with E-state index in [4.69, 9.17) is 4.74 Å². The molecule has 0 amide bonds. The summed E-state index contributed by atoms with van der Waals surface area (Å²) in [4.78, 5) is 23.2. The van der Waals surface area contributed by atoms with Crippen LogP contribution in [-0.4, -0.2) is 11.9 Å². The van der Waals surface area contributed by atoms with E-state index in [1.807, 2.05) is 0 Å². The van der Waals surface area contributed by atoms with Crippen molar-refractivity contribution in [2.75, 3.05) is 0 Å². The average molecular weight is 208 g/mol. The van der Waals surface area contributed by atoms with Crippen molar-refractivity contribution in [3.05, 3.63) is 0 Å². The highest BCUT2D eigenvalue weighted by atomic mass is 16.6. The lowest BCUT2D eigenvalue weighted by Gasteiger charge is -2.47. The van der Waals surface area contributed by atoms with Gasteiger partial charge in [-0.15, -0.1) is 0 Å². The normalized spacial score (nSPS) is 47.9. The van der Waals surface area contributed by atoms with Crippen LogP contribution in [0.4, 0.5) is 0 Å². The topological polar surface area (TPSA) is 43.4 Å². The number of carbonyl (C=O) groups is 2. The molecular formula is C12H16O3. The number of rotatable bonds is 1. The first kappa shape index (κ1) is 9.37. The van der Waals surface area contributed by atoms with Gasteiger partial charge in [-0.05, 0) is 37.0 Å². The Hall–Kier alpha value is -0.860. The lowest BCUT2D eigenvalue weighted by molar-refractivity contribution is -0.154. The molecule has 1 aliphatic heterocycles. The summed E-state index contributed by atoms with van der Waals surface area (Å²) >= 11 is 0. The van der Waals surface area contributed by atoms with Gasteiger partial charge in [0.1, 0.15) is 0 Å². The molecule has 0 aromatic heterocycles. The van der Waals surface area contributed by atoms with E-state index < -0.39 is 0 Å². The molecule has 0 radical (unpaired) electrons. The van der Waals surface area contributed by atoms with Gasteiger partial charge in [-0.3, -0.25) is 9.59 Å². The van der Waals surface area contributed by atoms with Crippen LogP contribution in [0.2, 0.25) is 0 Å². The number of esters is 2. The molecule has 1 saturated heterocycles. The molecule has 0 N–H and O–H groups in total. The van der Waals surface area contributed by atoms with Crippen LogP contribution in [0.3, 0.4) is 0 Å². The summed E-state index contributed by atoms with van der Waals surface area (Å²) in [5, 5.41) is 0. The highest BCUT2D eigenvalue weighted by Crippen LogP contribution is 2.55. The minimum atomic E-state index is -0.241. The maximum atomic E-state index is 11.6. The summed E-state index contributed by atoms with van der Waals surface area (Å²) in [6.07, 6.45) is 4.49.